The molecular formula is C14H17NaO3S. The van der Waals surface area contributed by atoms with Crippen molar-refractivity contribution in [2.75, 3.05) is 0 Å². The molecular weight excluding hydrogens is 271 g/mol. The molecule has 98 valence electrons. The van der Waals surface area contributed by atoms with E-state index in [0.717, 1.165) is 16.7 Å². The smallest absolute Gasteiger partial charge is 1.00 e. The maximum Gasteiger partial charge on any atom is 1.00 e. The summed E-state index contributed by atoms with van der Waals surface area (Å²) in [5.41, 5.74) is 3.46. The van der Waals surface area contributed by atoms with E-state index in [1.807, 2.05) is 19.1 Å². The molecule has 0 spiro atoms. The number of hydrogen-bond acceptors (Lipinski definition) is 2. The van der Waals surface area contributed by atoms with E-state index in [9.17, 15) is 13.0 Å². The minimum Gasteiger partial charge on any atom is -1.00 e. The first-order valence-corrected chi connectivity index (χ1v) is 7.26. The van der Waals surface area contributed by atoms with Gasteiger partial charge in [0, 0.05) is 5.56 Å². The predicted molar refractivity (Wildman–Crippen MR) is 72.8 cm³/mol. The number of aryl methyl sites for hydroxylation is 1. The van der Waals surface area contributed by atoms with Crippen molar-refractivity contribution >= 4 is 10.1 Å². The molecule has 0 saturated carbocycles. The fourth-order valence-electron chi connectivity index (χ4n) is 2.32. The average Bonchev–Trinajstić information content (AvgIpc) is 2.47. The van der Waals surface area contributed by atoms with Crippen LogP contribution in [0.1, 0.15) is 32.3 Å². The molecule has 0 fully saturated rings. The van der Waals surface area contributed by atoms with E-state index in [-0.39, 0.29) is 41.8 Å². The van der Waals surface area contributed by atoms with Crippen LogP contribution in [0.25, 0.3) is 11.1 Å². The van der Waals surface area contributed by atoms with Gasteiger partial charge in [0.05, 0.1) is 0 Å². The van der Waals surface area contributed by atoms with Gasteiger partial charge in [-0.2, -0.15) is 8.42 Å². The summed E-state index contributed by atoms with van der Waals surface area (Å²) >= 11 is 0. The number of fused-ring (bicyclic) bond motifs is 1. The summed E-state index contributed by atoms with van der Waals surface area (Å²) in [5, 5.41) is 0. The van der Waals surface area contributed by atoms with Crippen molar-refractivity contribution < 1.29 is 44.0 Å². The molecule has 0 bridgehead atoms. The molecule has 0 heterocycles. The molecule has 0 aromatic heterocycles. The van der Waals surface area contributed by atoms with Gasteiger partial charge in [-0.25, -0.2) is 0 Å². The van der Waals surface area contributed by atoms with E-state index in [1.165, 1.54) is 6.07 Å². The standard InChI is InChI=1S/C14H16O3S.Na.H/c1-9(2)11-6-4-5-7-12-13(18(15,16)17)8-10(3)14(11)12;;/h4-9H,1-3H3,(H,15,16,17);;/q;+1;-1. The minimum absolute atomic E-state index is 0. The summed E-state index contributed by atoms with van der Waals surface area (Å²) in [6.45, 7) is 5.99. The maximum atomic E-state index is 11.4. The van der Waals surface area contributed by atoms with Crippen LogP contribution in [0.5, 0.6) is 0 Å². The molecule has 0 saturated heterocycles. The average molecular weight is 288 g/mol. The molecule has 3 nitrogen and oxygen atoms in total. The van der Waals surface area contributed by atoms with Gasteiger partial charge in [0.1, 0.15) is 4.90 Å². The van der Waals surface area contributed by atoms with Gasteiger partial charge in [0.15, 0.2) is 0 Å². The summed E-state index contributed by atoms with van der Waals surface area (Å²) in [6, 6.07) is 8.95. The van der Waals surface area contributed by atoms with Gasteiger partial charge in [-0.05, 0) is 35.6 Å². The molecule has 0 unspecified atom stereocenters. The zero-order valence-corrected chi connectivity index (χ0v) is 14.5. The van der Waals surface area contributed by atoms with Crippen molar-refractivity contribution in [1.29, 1.82) is 0 Å². The van der Waals surface area contributed by atoms with Gasteiger partial charge in [-0.1, -0.05) is 38.1 Å². The SMILES string of the molecule is Cc1cc(S(=O)(=O)O)c2ccccc(C(C)C)c1-2.[H-].[Na+]. The first-order chi connectivity index (χ1) is 8.32. The first kappa shape index (κ1) is 16.7. The Kier molecular flexibility index (Phi) is 5.21. The fourth-order valence-corrected chi connectivity index (χ4v) is 3.09. The molecule has 1 N–H and O–H groups in total. The van der Waals surface area contributed by atoms with Gasteiger partial charge >= 0.3 is 29.6 Å². The number of hydrogen-bond donors (Lipinski definition) is 1. The minimum atomic E-state index is -4.18. The van der Waals surface area contributed by atoms with Crippen LogP contribution in [0.2, 0.25) is 0 Å². The zero-order valence-electron chi connectivity index (χ0n) is 12.6. The second-order valence-corrected chi connectivity index (χ2v) is 6.17. The molecule has 19 heavy (non-hydrogen) atoms. The van der Waals surface area contributed by atoms with Gasteiger partial charge in [-0.3, -0.25) is 4.55 Å². The summed E-state index contributed by atoms with van der Waals surface area (Å²) in [7, 11) is -4.18. The number of rotatable bonds is 2. The Morgan fingerprint density at radius 1 is 1.21 bits per heavy atom. The third-order valence-corrected chi connectivity index (χ3v) is 4.01. The van der Waals surface area contributed by atoms with Crippen LogP contribution in [0.4, 0.5) is 0 Å². The summed E-state index contributed by atoms with van der Waals surface area (Å²) < 4.78 is 32.1. The molecule has 0 aromatic carbocycles. The zero-order chi connectivity index (χ0) is 13.5. The molecule has 2 aliphatic carbocycles. The quantitative estimate of drug-likeness (QED) is 0.650. The second kappa shape index (κ2) is 5.94. The molecule has 2 rings (SSSR count). The van der Waals surface area contributed by atoms with E-state index in [0.29, 0.717) is 5.56 Å². The van der Waals surface area contributed by atoms with Crippen LogP contribution >= 0.6 is 0 Å². The fraction of sp³-hybridized carbons (Fsp3) is 0.286. The third kappa shape index (κ3) is 3.20. The van der Waals surface area contributed by atoms with E-state index in [1.54, 1.807) is 12.1 Å². The van der Waals surface area contributed by atoms with Gasteiger partial charge in [0.2, 0.25) is 0 Å². The van der Waals surface area contributed by atoms with Crippen LogP contribution in [0, 0.1) is 6.92 Å². The Hall–Kier alpha value is -0.390. The van der Waals surface area contributed by atoms with Crippen molar-refractivity contribution in [2.45, 2.75) is 31.6 Å². The van der Waals surface area contributed by atoms with Crippen molar-refractivity contribution in [1.82, 2.24) is 0 Å². The molecule has 2 aliphatic rings. The van der Waals surface area contributed by atoms with E-state index < -0.39 is 10.1 Å². The van der Waals surface area contributed by atoms with Crippen molar-refractivity contribution in [3.8, 4) is 11.1 Å². The Morgan fingerprint density at radius 2 is 1.79 bits per heavy atom. The van der Waals surface area contributed by atoms with Crippen LogP contribution in [-0.2, 0) is 10.1 Å². The summed E-state index contributed by atoms with van der Waals surface area (Å²) in [6.07, 6.45) is 0. The Morgan fingerprint density at radius 3 is 2.32 bits per heavy atom. The predicted octanol–water partition coefficient (Wildman–Crippen LogP) is 0.586. The van der Waals surface area contributed by atoms with E-state index in [4.69, 9.17) is 0 Å². The Bertz CT molecular complexity index is 668. The Labute approximate surface area is 137 Å². The van der Waals surface area contributed by atoms with Crippen LogP contribution < -0.4 is 29.6 Å². The molecule has 0 atom stereocenters. The largest absolute Gasteiger partial charge is 1.00 e. The third-order valence-electron chi connectivity index (χ3n) is 3.12. The monoisotopic (exact) mass is 288 g/mol. The molecule has 0 amide bonds. The molecule has 5 heteroatoms. The van der Waals surface area contributed by atoms with Crippen LogP contribution in [-0.4, -0.2) is 13.0 Å². The van der Waals surface area contributed by atoms with E-state index in [2.05, 4.69) is 13.8 Å². The Balaban J connectivity index is 0.00000180. The topological polar surface area (TPSA) is 54.4 Å². The molecule has 0 radical (unpaired) electrons. The van der Waals surface area contributed by atoms with Crippen molar-refractivity contribution in [3.05, 3.63) is 41.5 Å². The van der Waals surface area contributed by atoms with Gasteiger partial charge < -0.3 is 1.43 Å². The molecule has 0 aliphatic heterocycles. The molecule has 0 aromatic rings. The van der Waals surface area contributed by atoms with Crippen LogP contribution in [0.3, 0.4) is 0 Å². The van der Waals surface area contributed by atoms with Gasteiger partial charge in [-0.15, -0.1) is 0 Å². The second-order valence-electron chi connectivity index (χ2n) is 4.78. The van der Waals surface area contributed by atoms with Crippen LogP contribution in [0.15, 0.2) is 35.2 Å². The normalized spacial score (nSPS) is 11.6. The summed E-state index contributed by atoms with van der Waals surface area (Å²) in [4.78, 5) is -0.00639. The van der Waals surface area contributed by atoms with Gasteiger partial charge in [0.25, 0.3) is 10.1 Å². The summed E-state index contributed by atoms with van der Waals surface area (Å²) in [5.74, 6) is 0.287. The van der Waals surface area contributed by atoms with E-state index >= 15 is 0 Å². The first-order valence-electron chi connectivity index (χ1n) is 5.82. The van der Waals surface area contributed by atoms with Crippen molar-refractivity contribution in [2.24, 2.45) is 0 Å². The maximum absolute atomic E-state index is 11.4. The van der Waals surface area contributed by atoms with Crippen molar-refractivity contribution in [3.63, 3.8) is 0 Å².